The molecule has 120 valence electrons. The van der Waals surface area contributed by atoms with Crippen molar-refractivity contribution in [1.82, 2.24) is 20.2 Å². The highest BCUT2D eigenvalue weighted by Crippen LogP contribution is 2.32. The van der Waals surface area contributed by atoms with Gasteiger partial charge in [-0.3, -0.25) is 19.8 Å². The molecule has 1 N–H and O–H groups in total. The summed E-state index contributed by atoms with van der Waals surface area (Å²) >= 11 is 0. The molecule has 0 radical (unpaired) electrons. The molecular weight excluding hydrogens is 302 g/mol. The third kappa shape index (κ3) is 2.27. The van der Waals surface area contributed by atoms with E-state index in [1.165, 1.54) is 5.56 Å². The Morgan fingerprint density at radius 1 is 1.17 bits per heavy atom. The molecule has 0 saturated heterocycles. The lowest BCUT2D eigenvalue weighted by molar-refractivity contribution is 0.0986. The number of hydrogen-bond donors (Lipinski definition) is 1. The fourth-order valence-electron chi connectivity index (χ4n) is 3.08. The molecule has 1 aliphatic rings. The molecule has 0 bridgehead atoms. The molecule has 0 saturated carbocycles. The Morgan fingerprint density at radius 3 is 2.88 bits per heavy atom. The number of fused-ring (bicyclic) bond motifs is 3. The van der Waals surface area contributed by atoms with Crippen LogP contribution >= 0.6 is 0 Å². The number of H-pyrrole nitrogens is 1. The van der Waals surface area contributed by atoms with Crippen LogP contribution in [0.2, 0.25) is 0 Å². The molecule has 3 heterocycles. The summed E-state index contributed by atoms with van der Waals surface area (Å²) in [5.41, 5.74) is 5.15. The minimum absolute atomic E-state index is 0.138. The van der Waals surface area contributed by atoms with Crippen LogP contribution < -0.4 is 4.90 Å². The van der Waals surface area contributed by atoms with Gasteiger partial charge in [0.2, 0.25) is 0 Å². The number of amides is 1. The zero-order valence-electron chi connectivity index (χ0n) is 13.6. The van der Waals surface area contributed by atoms with Gasteiger partial charge < -0.3 is 0 Å². The van der Waals surface area contributed by atoms with E-state index < -0.39 is 0 Å². The van der Waals surface area contributed by atoms with Crippen LogP contribution in [0.15, 0.2) is 36.5 Å². The minimum Gasteiger partial charge on any atom is -0.294 e. The first-order chi connectivity index (χ1) is 11.6. The number of aryl methyl sites for hydroxylation is 2. The lowest BCUT2D eigenvalue weighted by atomic mass is 9.92. The fraction of sp³-hybridized carbons (Fsp3) is 0.222. The summed E-state index contributed by atoms with van der Waals surface area (Å²) in [6.07, 6.45) is 3.40. The summed E-state index contributed by atoms with van der Waals surface area (Å²) in [5, 5.41) is 7.27. The topological polar surface area (TPSA) is 74.8 Å². The Morgan fingerprint density at radius 2 is 2.04 bits per heavy atom. The van der Waals surface area contributed by atoms with Gasteiger partial charge in [0.1, 0.15) is 17.2 Å². The first-order valence-corrected chi connectivity index (χ1v) is 7.88. The van der Waals surface area contributed by atoms with E-state index in [-0.39, 0.29) is 5.91 Å². The Kier molecular flexibility index (Phi) is 3.37. The number of nitrogens with zero attached hydrogens (tertiary/aromatic N) is 4. The lowest BCUT2D eigenvalue weighted by Crippen LogP contribution is -2.28. The number of aromatic nitrogens is 4. The van der Waals surface area contributed by atoms with Crippen LogP contribution in [0, 0.1) is 6.92 Å². The Labute approximate surface area is 139 Å². The van der Waals surface area contributed by atoms with Gasteiger partial charge in [0.05, 0.1) is 5.69 Å². The molecule has 0 aliphatic heterocycles. The number of anilines is 1. The highest BCUT2D eigenvalue weighted by atomic mass is 16.2. The molecule has 0 spiro atoms. The monoisotopic (exact) mass is 319 g/mol. The number of carbonyl (C=O) groups is 1. The fourth-order valence-corrected chi connectivity index (χ4v) is 3.08. The van der Waals surface area contributed by atoms with Crippen molar-refractivity contribution >= 4 is 11.7 Å². The number of aromatic amines is 1. The molecule has 24 heavy (non-hydrogen) atoms. The largest absolute Gasteiger partial charge is 0.294 e. The Hall–Kier alpha value is -3.02. The SMILES string of the molecule is Cc1cccc(N(C)C(=O)c2[nH]nc3c2CCc2cccnc2-3)n1. The Bertz CT molecular complexity index is 931. The number of nitrogens with one attached hydrogen (secondary N) is 1. The van der Waals surface area contributed by atoms with Gasteiger partial charge in [-0.15, -0.1) is 0 Å². The molecule has 0 fully saturated rings. The van der Waals surface area contributed by atoms with Crippen molar-refractivity contribution in [2.24, 2.45) is 0 Å². The van der Waals surface area contributed by atoms with Crippen LogP contribution in [0.5, 0.6) is 0 Å². The molecule has 1 aliphatic carbocycles. The van der Waals surface area contributed by atoms with Gasteiger partial charge in [0.25, 0.3) is 5.91 Å². The first-order valence-electron chi connectivity index (χ1n) is 7.88. The average Bonchev–Trinajstić information content (AvgIpc) is 3.05. The summed E-state index contributed by atoms with van der Waals surface area (Å²) in [5.74, 6) is 0.485. The summed E-state index contributed by atoms with van der Waals surface area (Å²) in [7, 11) is 1.73. The molecule has 0 aromatic carbocycles. The highest BCUT2D eigenvalue weighted by Gasteiger charge is 2.28. The number of carbonyl (C=O) groups excluding carboxylic acids is 1. The number of pyridine rings is 2. The molecule has 0 unspecified atom stereocenters. The van der Waals surface area contributed by atoms with Crippen LogP contribution in [0.25, 0.3) is 11.4 Å². The molecule has 1 amide bonds. The maximum Gasteiger partial charge on any atom is 0.277 e. The van der Waals surface area contributed by atoms with Crippen LogP contribution in [0.4, 0.5) is 5.82 Å². The third-order valence-corrected chi connectivity index (χ3v) is 4.36. The van der Waals surface area contributed by atoms with Gasteiger partial charge >= 0.3 is 0 Å². The van der Waals surface area contributed by atoms with Crippen LogP contribution in [0.3, 0.4) is 0 Å². The van der Waals surface area contributed by atoms with Crippen molar-refractivity contribution in [2.75, 3.05) is 11.9 Å². The van der Waals surface area contributed by atoms with Crippen LogP contribution in [-0.2, 0) is 12.8 Å². The summed E-state index contributed by atoms with van der Waals surface area (Å²) in [4.78, 5) is 23.3. The summed E-state index contributed by atoms with van der Waals surface area (Å²) < 4.78 is 0. The molecule has 6 nitrogen and oxygen atoms in total. The van der Waals surface area contributed by atoms with Crippen molar-refractivity contribution in [3.05, 3.63) is 59.0 Å². The van der Waals surface area contributed by atoms with E-state index in [9.17, 15) is 4.79 Å². The lowest BCUT2D eigenvalue weighted by Gasteiger charge is -2.18. The van der Waals surface area contributed by atoms with Gasteiger partial charge in [0, 0.05) is 24.5 Å². The van der Waals surface area contributed by atoms with Crippen molar-refractivity contribution in [2.45, 2.75) is 19.8 Å². The van der Waals surface area contributed by atoms with Crippen LogP contribution in [0.1, 0.15) is 27.3 Å². The second-order valence-corrected chi connectivity index (χ2v) is 5.94. The second kappa shape index (κ2) is 5.56. The first kappa shape index (κ1) is 14.6. The molecular formula is C18H17N5O. The highest BCUT2D eigenvalue weighted by molar-refractivity contribution is 6.05. The van der Waals surface area contributed by atoms with E-state index >= 15 is 0 Å². The van der Waals surface area contributed by atoms with Gasteiger partial charge in [-0.1, -0.05) is 12.1 Å². The van der Waals surface area contributed by atoms with E-state index in [2.05, 4.69) is 26.2 Å². The van der Waals surface area contributed by atoms with Gasteiger partial charge in [-0.2, -0.15) is 5.10 Å². The van der Waals surface area contributed by atoms with E-state index in [1.807, 2.05) is 31.2 Å². The van der Waals surface area contributed by atoms with Crippen molar-refractivity contribution in [1.29, 1.82) is 0 Å². The third-order valence-electron chi connectivity index (χ3n) is 4.36. The minimum atomic E-state index is -0.138. The predicted molar refractivity (Wildman–Crippen MR) is 90.9 cm³/mol. The maximum absolute atomic E-state index is 12.9. The normalized spacial score (nSPS) is 12.4. The maximum atomic E-state index is 12.9. The zero-order chi connectivity index (χ0) is 16.7. The van der Waals surface area contributed by atoms with Gasteiger partial charge in [0.15, 0.2) is 0 Å². The van der Waals surface area contributed by atoms with Gasteiger partial charge in [-0.25, -0.2) is 4.98 Å². The molecule has 3 aromatic rings. The Balaban J connectivity index is 1.72. The van der Waals surface area contributed by atoms with E-state index in [4.69, 9.17) is 0 Å². The van der Waals surface area contributed by atoms with E-state index in [0.29, 0.717) is 11.5 Å². The quantitative estimate of drug-likeness (QED) is 0.787. The van der Waals surface area contributed by atoms with E-state index in [1.54, 1.807) is 18.1 Å². The van der Waals surface area contributed by atoms with Gasteiger partial charge in [-0.05, 0) is 43.5 Å². The number of rotatable bonds is 2. The smallest absolute Gasteiger partial charge is 0.277 e. The van der Waals surface area contributed by atoms with Crippen LogP contribution in [-0.4, -0.2) is 33.1 Å². The molecule has 0 atom stereocenters. The average molecular weight is 319 g/mol. The standard InChI is InChI=1S/C18H17N5O/c1-11-5-3-7-14(20-11)23(2)18(24)17-13-9-8-12-6-4-10-19-15(12)16(13)21-22-17/h3-7,10H,8-9H2,1-2H3,(H,21,22). The summed E-state index contributed by atoms with van der Waals surface area (Å²) in [6, 6.07) is 9.61. The van der Waals surface area contributed by atoms with Crippen molar-refractivity contribution < 1.29 is 4.79 Å². The molecule has 4 rings (SSSR count). The number of hydrogen-bond acceptors (Lipinski definition) is 4. The second-order valence-electron chi connectivity index (χ2n) is 5.94. The van der Waals surface area contributed by atoms with Crippen molar-refractivity contribution in [3.63, 3.8) is 0 Å². The molecule has 6 heteroatoms. The van der Waals surface area contributed by atoms with E-state index in [0.717, 1.165) is 35.5 Å². The summed E-state index contributed by atoms with van der Waals surface area (Å²) in [6.45, 7) is 1.91. The van der Waals surface area contributed by atoms with Crippen molar-refractivity contribution in [3.8, 4) is 11.4 Å². The zero-order valence-corrected chi connectivity index (χ0v) is 13.6. The predicted octanol–water partition coefficient (Wildman–Crippen LogP) is 2.55. The molecule has 3 aromatic heterocycles.